The number of amides is 2. The van der Waals surface area contributed by atoms with Crippen molar-refractivity contribution < 1.29 is 14.3 Å². The van der Waals surface area contributed by atoms with Gasteiger partial charge in [0.05, 0.1) is 25.0 Å². The molecule has 3 aromatic carbocycles. The molecule has 0 spiro atoms. The third kappa shape index (κ3) is 5.62. The molecule has 2 amide bonds. The van der Waals surface area contributed by atoms with Crippen molar-refractivity contribution in [3.8, 4) is 22.7 Å². The van der Waals surface area contributed by atoms with Gasteiger partial charge in [0.2, 0.25) is 11.8 Å². The number of carbonyl (C=O) groups is 2. The van der Waals surface area contributed by atoms with E-state index in [9.17, 15) is 9.59 Å². The number of ether oxygens (including phenoxy) is 1. The molecule has 1 aromatic heterocycles. The van der Waals surface area contributed by atoms with Crippen LogP contribution in [0.4, 0.5) is 5.82 Å². The molecule has 0 aliphatic heterocycles. The highest BCUT2D eigenvalue weighted by Gasteiger charge is 2.45. The van der Waals surface area contributed by atoms with E-state index in [4.69, 9.17) is 9.84 Å². The monoisotopic (exact) mass is 508 g/mol. The minimum Gasteiger partial charge on any atom is -0.497 e. The lowest BCUT2D eigenvalue weighted by Gasteiger charge is -2.22. The van der Waals surface area contributed by atoms with E-state index in [0.717, 1.165) is 35.5 Å². The maximum absolute atomic E-state index is 13.3. The van der Waals surface area contributed by atoms with Crippen LogP contribution in [0.3, 0.4) is 0 Å². The zero-order valence-electron chi connectivity index (χ0n) is 21.7. The summed E-state index contributed by atoms with van der Waals surface area (Å²) in [5.41, 5.74) is 3.65. The van der Waals surface area contributed by atoms with Crippen molar-refractivity contribution in [2.75, 3.05) is 25.5 Å². The molecule has 194 valence electrons. The second kappa shape index (κ2) is 11.3. The SMILES string of the molecule is CCCN(CC(=O)Nc1cc(-c2ccccc2)nn1-c1ccc(OC)cc1)C(=O)C1CC1c1ccccc1. The van der Waals surface area contributed by atoms with Crippen LogP contribution in [0.15, 0.2) is 91.0 Å². The Morgan fingerprint density at radius 3 is 2.34 bits per heavy atom. The molecule has 7 nitrogen and oxygen atoms in total. The number of rotatable bonds is 10. The van der Waals surface area contributed by atoms with Gasteiger partial charge in [-0.15, -0.1) is 0 Å². The van der Waals surface area contributed by atoms with Crippen LogP contribution < -0.4 is 10.1 Å². The Morgan fingerprint density at radius 1 is 1.00 bits per heavy atom. The van der Waals surface area contributed by atoms with Crippen LogP contribution in [0, 0.1) is 5.92 Å². The van der Waals surface area contributed by atoms with Gasteiger partial charge in [0, 0.05) is 24.1 Å². The van der Waals surface area contributed by atoms with Crippen molar-refractivity contribution in [3.63, 3.8) is 0 Å². The van der Waals surface area contributed by atoms with Crippen LogP contribution in [-0.2, 0) is 9.59 Å². The van der Waals surface area contributed by atoms with E-state index in [-0.39, 0.29) is 30.2 Å². The molecule has 5 rings (SSSR count). The summed E-state index contributed by atoms with van der Waals surface area (Å²) in [6.07, 6.45) is 1.61. The average molecular weight is 509 g/mol. The molecule has 1 fully saturated rings. The molecule has 38 heavy (non-hydrogen) atoms. The van der Waals surface area contributed by atoms with E-state index in [1.165, 1.54) is 5.56 Å². The van der Waals surface area contributed by atoms with Gasteiger partial charge >= 0.3 is 0 Å². The lowest BCUT2D eigenvalue weighted by atomic mass is 10.1. The van der Waals surface area contributed by atoms with E-state index in [2.05, 4.69) is 17.4 Å². The summed E-state index contributed by atoms with van der Waals surface area (Å²) in [6.45, 7) is 2.56. The number of benzene rings is 3. The third-order valence-electron chi connectivity index (χ3n) is 6.84. The summed E-state index contributed by atoms with van der Waals surface area (Å²) < 4.78 is 6.99. The molecular formula is C31H32N4O3. The average Bonchev–Trinajstić information content (AvgIpc) is 3.66. The van der Waals surface area contributed by atoms with Gasteiger partial charge in [-0.1, -0.05) is 67.6 Å². The number of aromatic nitrogens is 2. The number of nitrogens with zero attached hydrogens (tertiary/aromatic N) is 3. The van der Waals surface area contributed by atoms with E-state index in [0.29, 0.717) is 12.4 Å². The van der Waals surface area contributed by atoms with Gasteiger partial charge in [0.1, 0.15) is 11.6 Å². The smallest absolute Gasteiger partial charge is 0.245 e. The zero-order valence-corrected chi connectivity index (χ0v) is 21.7. The Kier molecular flexibility index (Phi) is 7.54. The predicted octanol–water partition coefficient (Wildman–Crippen LogP) is 5.53. The second-order valence-electron chi connectivity index (χ2n) is 9.56. The van der Waals surface area contributed by atoms with Gasteiger partial charge in [0.15, 0.2) is 0 Å². The van der Waals surface area contributed by atoms with Gasteiger partial charge in [0.25, 0.3) is 0 Å². The first-order valence-corrected chi connectivity index (χ1v) is 13.0. The first kappa shape index (κ1) is 25.3. The molecule has 1 N–H and O–H groups in total. The normalized spacial score (nSPS) is 16.1. The van der Waals surface area contributed by atoms with Crippen molar-refractivity contribution in [1.29, 1.82) is 0 Å². The van der Waals surface area contributed by atoms with E-state index >= 15 is 0 Å². The van der Waals surface area contributed by atoms with E-state index < -0.39 is 0 Å². The minimum atomic E-state index is -0.252. The number of carbonyl (C=O) groups excluding carboxylic acids is 2. The van der Waals surface area contributed by atoms with Crippen molar-refractivity contribution in [2.24, 2.45) is 5.92 Å². The van der Waals surface area contributed by atoms with Crippen LogP contribution in [-0.4, -0.2) is 46.7 Å². The summed E-state index contributed by atoms with van der Waals surface area (Å²) in [5.74, 6) is 1.23. The Labute approximate surface area is 223 Å². The van der Waals surface area contributed by atoms with Crippen molar-refractivity contribution in [1.82, 2.24) is 14.7 Å². The van der Waals surface area contributed by atoms with E-state index in [1.54, 1.807) is 16.7 Å². The molecule has 1 aliphatic carbocycles. The molecule has 0 radical (unpaired) electrons. The second-order valence-corrected chi connectivity index (χ2v) is 9.56. The summed E-state index contributed by atoms with van der Waals surface area (Å²) in [7, 11) is 1.62. The van der Waals surface area contributed by atoms with Crippen LogP contribution in [0.2, 0.25) is 0 Å². The van der Waals surface area contributed by atoms with Gasteiger partial charge in [-0.3, -0.25) is 9.59 Å². The van der Waals surface area contributed by atoms with Crippen molar-refractivity contribution in [2.45, 2.75) is 25.7 Å². The fraction of sp³-hybridized carbons (Fsp3) is 0.258. The van der Waals surface area contributed by atoms with Gasteiger partial charge in [-0.05, 0) is 48.6 Å². The first-order chi connectivity index (χ1) is 18.6. The van der Waals surface area contributed by atoms with Crippen LogP contribution in [0.5, 0.6) is 5.75 Å². The molecule has 0 bridgehead atoms. The van der Waals surface area contributed by atoms with Gasteiger partial charge in [-0.25, -0.2) is 4.68 Å². The molecular weight excluding hydrogens is 476 g/mol. The summed E-state index contributed by atoms with van der Waals surface area (Å²) in [4.78, 5) is 28.3. The quantitative estimate of drug-likeness (QED) is 0.306. The zero-order chi connectivity index (χ0) is 26.5. The Morgan fingerprint density at radius 2 is 1.68 bits per heavy atom. The Hall–Kier alpha value is -4.39. The number of hydrogen-bond donors (Lipinski definition) is 1. The maximum Gasteiger partial charge on any atom is 0.245 e. The molecule has 1 heterocycles. The molecule has 2 unspecified atom stereocenters. The lowest BCUT2D eigenvalue weighted by molar-refractivity contribution is -0.136. The Balaban J connectivity index is 1.34. The predicted molar refractivity (Wildman–Crippen MR) is 148 cm³/mol. The Bertz CT molecular complexity index is 1380. The fourth-order valence-electron chi connectivity index (χ4n) is 4.80. The number of methoxy groups -OCH3 is 1. The van der Waals surface area contributed by atoms with Crippen molar-refractivity contribution in [3.05, 3.63) is 96.6 Å². The topological polar surface area (TPSA) is 76.5 Å². The maximum atomic E-state index is 13.3. The summed E-state index contributed by atoms with van der Waals surface area (Å²) >= 11 is 0. The summed E-state index contributed by atoms with van der Waals surface area (Å²) in [5, 5.41) is 7.78. The highest BCUT2D eigenvalue weighted by molar-refractivity contribution is 5.95. The number of hydrogen-bond acceptors (Lipinski definition) is 4. The van der Waals surface area contributed by atoms with Gasteiger partial charge < -0.3 is 15.0 Å². The minimum absolute atomic E-state index is 0.000847. The fourth-order valence-corrected chi connectivity index (χ4v) is 4.80. The third-order valence-corrected chi connectivity index (χ3v) is 6.84. The highest BCUT2D eigenvalue weighted by atomic mass is 16.5. The molecule has 0 saturated heterocycles. The molecule has 4 aromatic rings. The molecule has 2 atom stereocenters. The molecule has 7 heteroatoms. The summed E-state index contributed by atoms with van der Waals surface area (Å²) in [6, 6.07) is 29.3. The standard InChI is InChI=1S/C31H32N4O3/c1-3-18-34(31(37)27-19-26(27)22-10-6-4-7-11-22)21-30(36)32-29-20-28(23-12-8-5-9-13-23)33-35(29)24-14-16-25(38-2)17-15-24/h4-17,20,26-27H,3,18-19,21H2,1-2H3,(H,32,36). The number of anilines is 1. The van der Waals surface area contributed by atoms with Crippen LogP contribution in [0.25, 0.3) is 16.9 Å². The molecule has 1 aliphatic rings. The lowest BCUT2D eigenvalue weighted by Crippen LogP contribution is -2.39. The van der Waals surface area contributed by atoms with Gasteiger partial charge in [-0.2, -0.15) is 5.10 Å². The van der Waals surface area contributed by atoms with Crippen LogP contribution in [0.1, 0.15) is 31.2 Å². The van der Waals surface area contributed by atoms with E-state index in [1.807, 2.05) is 85.8 Å². The van der Waals surface area contributed by atoms with Crippen LogP contribution >= 0.6 is 0 Å². The highest BCUT2D eigenvalue weighted by Crippen LogP contribution is 2.48. The first-order valence-electron chi connectivity index (χ1n) is 13.0. The number of nitrogens with one attached hydrogen (secondary N) is 1. The largest absolute Gasteiger partial charge is 0.497 e. The van der Waals surface area contributed by atoms with Crippen molar-refractivity contribution >= 4 is 17.6 Å². The molecule has 1 saturated carbocycles.